The molecule has 2 rings (SSSR count). The van der Waals surface area contributed by atoms with Gasteiger partial charge in [0.2, 0.25) is 5.91 Å². The first kappa shape index (κ1) is 20.1. The van der Waals surface area contributed by atoms with Crippen LogP contribution in [0.1, 0.15) is 63.4 Å². The van der Waals surface area contributed by atoms with Gasteiger partial charge in [-0.1, -0.05) is 43.2 Å². The van der Waals surface area contributed by atoms with E-state index in [-0.39, 0.29) is 24.2 Å². The van der Waals surface area contributed by atoms with Crippen molar-refractivity contribution in [1.29, 1.82) is 0 Å². The highest BCUT2D eigenvalue weighted by Gasteiger charge is 2.30. The van der Waals surface area contributed by atoms with Gasteiger partial charge in [-0.25, -0.2) is 0 Å². The van der Waals surface area contributed by atoms with Crippen LogP contribution in [0.4, 0.5) is 0 Å². The number of rotatable bonds is 12. The summed E-state index contributed by atoms with van der Waals surface area (Å²) in [5.74, 6) is -0.333. The van der Waals surface area contributed by atoms with Crippen molar-refractivity contribution in [3.8, 4) is 0 Å². The third-order valence-electron chi connectivity index (χ3n) is 4.99. The molecule has 1 heterocycles. The second kappa shape index (κ2) is 10.7. The monoisotopic (exact) mass is 359 g/mol. The van der Waals surface area contributed by atoms with Gasteiger partial charge in [-0.2, -0.15) is 0 Å². The Hall–Kier alpha value is -2.17. The Labute approximate surface area is 155 Å². The zero-order valence-electron chi connectivity index (χ0n) is 15.4. The molecule has 1 saturated heterocycles. The molecule has 1 N–H and O–H groups in total. The SMILES string of the molecule is O=C(O)CCCCCCN1C(=O)CCC1CCC(=O)Cc1ccccc1. The lowest BCUT2D eigenvalue weighted by Crippen LogP contribution is -2.34. The second-order valence-electron chi connectivity index (χ2n) is 7.08. The maximum atomic E-state index is 12.2. The molecule has 5 nitrogen and oxygen atoms in total. The molecular weight excluding hydrogens is 330 g/mol. The van der Waals surface area contributed by atoms with E-state index in [0.717, 1.165) is 44.2 Å². The zero-order chi connectivity index (χ0) is 18.8. The average molecular weight is 359 g/mol. The highest BCUT2D eigenvalue weighted by molar-refractivity contribution is 5.81. The van der Waals surface area contributed by atoms with E-state index in [1.165, 1.54) is 0 Å². The molecule has 1 fully saturated rings. The standard InChI is InChI=1S/C21H29NO4/c23-19(16-17-8-4-3-5-9-17)13-11-18-12-14-20(24)22(18)15-7-2-1-6-10-21(25)26/h3-5,8-9,18H,1-2,6-7,10-16H2,(H,25,26). The molecule has 0 radical (unpaired) electrons. The van der Waals surface area contributed by atoms with E-state index in [4.69, 9.17) is 5.11 Å². The predicted molar refractivity (Wildman–Crippen MR) is 99.8 cm³/mol. The molecule has 0 aromatic heterocycles. The summed E-state index contributed by atoms with van der Waals surface area (Å²) in [5.41, 5.74) is 1.04. The number of carbonyl (C=O) groups is 3. The Morgan fingerprint density at radius 2 is 1.77 bits per heavy atom. The summed E-state index contributed by atoms with van der Waals surface area (Å²) in [5, 5.41) is 8.63. The van der Waals surface area contributed by atoms with E-state index in [9.17, 15) is 14.4 Å². The van der Waals surface area contributed by atoms with E-state index in [2.05, 4.69) is 0 Å². The number of ketones is 1. The van der Waals surface area contributed by atoms with Crippen LogP contribution in [0.3, 0.4) is 0 Å². The molecule has 5 heteroatoms. The van der Waals surface area contributed by atoms with Crippen molar-refractivity contribution in [3.05, 3.63) is 35.9 Å². The number of carbonyl (C=O) groups excluding carboxylic acids is 2. The number of nitrogens with zero attached hydrogens (tertiary/aromatic N) is 1. The molecule has 0 aliphatic carbocycles. The lowest BCUT2D eigenvalue weighted by Gasteiger charge is -2.24. The van der Waals surface area contributed by atoms with Crippen LogP contribution >= 0.6 is 0 Å². The van der Waals surface area contributed by atoms with Gasteiger partial charge in [0.25, 0.3) is 0 Å². The molecule has 1 aliphatic heterocycles. The van der Waals surface area contributed by atoms with Crippen molar-refractivity contribution < 1.29 is 19.5 Å². The molecule has 26 heavy (non-hydrogen) atoms. The highest BCUT2D eigenvalue weighted by Crippen LogP contribution is 2.24. The van der Waals surface area contributed by atoms with Crippen molar-refractivity contribution in [2.24, 2.45) is 0 Å². The zero-order valence-corrected chi connectivity index (χ0v) is 15.4. The number of Topliss-reactive ketones (excluding diaryl/α,β-unsaturated/α-hetero) is 1. The summed E-state index contributed by atoms with van der Waals surface area (Å²) in [6.07, 6.45) is 6.79. The van der Waals surface area contributed by atoms with Gasteiger partial charge >= 0.3 is 5.97 Å². The van der Waals surface area contributed by atoms with E-state index in [1.54, 1.807) is 0 Å². The first-order chi connectivity index (χ1) is 12.6. The number of unbranched alkanes of at least 4 members (excludes halogenated alkanes) is 3. The number of benzene rings is 1. The van der Waals surface area contributed by atoms with Crippen molar-refractivity contribution in [1.82, 2.24) is 4.90 Å². The fourth-order valence-electron chi connectivity index (χ4n) is 3.55. The minimum atomic E-state index is -0.750. The number of aliphatic carboxylic acids is 1. The van der Waals surface area contributed by atoms with E-state index in [1.807, 2.05) is 35.2 Å². The average Bonchev–Trinajstić information content (AvgIpc) is 2.97. The van der Waals surface area contributed by atoms with E-state index < -0.39 is 5.97 Å². The third-order valence-corrected chi connectivity index (χ3v) is 4.99. The summed E-state index contributed by atoms with van der Waals surface area (Å²) < 4.78 is 0. The number of amides is 1. The Bertz CT molecular complexity index is 599. The molecule has 1 aromatic rings. The number of likely N-dealkylation sites (tertiary alicyclic amines) is 1. The lowest BCUT2D eigenvalue weighted by molar-refractivity contribution is -0.137. The Morgan fingerprint density at radius 3 is 2.50 bits per heavy atom. The summed E-state index contributed by atoms with van der Waals surface area (Å²) in [4.78, 5) is 36.7. The Balaban J connectivity index is 1.67. The summed E-state index contributed by atoms with van der Waals surface area (Å²) in [6, 6.07) is 9.94. The minimum absolute atomic E-state index is 0.182. The van der Waals surface area contributed by atoms with Gasteiger partial charge in [0.15, 0.2) is 0 Å². The molecular formula is C21H29NO4. The van der Waals surface area contributed by atoms with Crippen LogP contribution in [0.5, 0.6) is 0 Å². The minimum Gasteiger partial charge on any atom is -0.481 e. The largest absolute Gasteiger partial charge is 0.481 e. The molecule has 0 bridgehead atoms. The van der Waals surface area contributed by atoms with Crippen LogP contribution in [0.15, 0.2) is 30.3 Å². The van der Waals surface area contributed by atoms with E-state index >= 15 is 0 Å². The summed E-state index contributed by atoms with van der Waals surface area (Å²) >= 11 is 0. The van der Waals surface area contributed by atoms with Crippen LogP contribution in [0.25, 0.3) is 0 Å². The molecule has 1 aliphatic rings. The van der Waals surface area contributed by atoms with Gasteiger partial charge in [-0.3, -0.25) is 14.4 Å². The first-order valence-corrected chi connectivity index (χ1v) is 9.63. The second-order valence-corrected chi connectivity index (χ2v) is 7.08. The molecule has 1 aromatic carbocycles. The van der Waals surface area contributed by atoms with Gasteiger partial charge in [0.1, 0.15) is 5.78 Å². The smallest absolute Gasteiger partial charge is 0.303 e. The van der Waals surface area contributed by atoms with Crippen molar-refractivity contribution in [2.45, 2.75) is 70.3 Å². The van der Waals surface area contributed by atoms with Crippen LogP contribution in [-0.4, -0.2) is 40.3 Å². The highest BCUT2D eigenvalue weighted by atomic mass is 16.4. The predicted octanol–water partition coefficient (Wildman–Crippen LogP) is 3.60. The number of carboxylic acids is 1. The van der Waals surface area contributed by atoms with Crippen molar-refractivity contribution >= 4 is 17.7 Å². The maximum absolute atomic E-state index is 12.2. The molecule has 1 unspecified atom stereocenters. The third kappa shape index (κ3) is 6.98. The maximum Gasteiger partial charge on any atom is 0.303 e. The normalized spacial score (nSPS) is 16.8. The number of hydrogen-bond acceptors (Lipinski definition) is 3. The van der Waals surface area contributed by atoms with Gasteiger partial charge in [-0.05, 0) is 31.2 Å². The van der Waals surface area contributed by atoms with Crippen LogP contribution < -0.4 is 0 Å². The van der Waals surface area contributed by atoms with Crippen molar-refractivity contribution in [2.75, 3.05) is 6.54 Å². The van der Waals surface area contributed by atoms with Crippen LogP contribution in [-0.2, 0) is 20.8 Å². The van der Waals surface area contributed by atoms with Gasteiger partial charge in [0, 0.05) is 38.3 Å². The molecule has 1 atom stereocenters. The molecule has 0 spiro atoms. The Kier molecular flexibility index (Phi) is 8.32. The molecule has 1 amide bonds. The molecule has 0 saturated carbocycles. The quantitative estimate of drug-likeness (QED) is 0.579. The Morgan fingerprint density at radius 1 is 1.04 bits per heavy atom. The van der Waals surface area contributed by atoms with Crippen LogP contribution in [0, 0.1) is 0 Å². The topological polar surface area (TPSA) is 74.7 Å². The lowest BCUT2D eigenvalue weighted by atomic mass is 10.0. The first-order valence-electron chi connectivity index (χ1n) is 9.63. The number of carboxylic acid groups (broad SMARTS) is 1. The van der Waals surface area contributed by atoms with Gasteiger partial charge in [0.05, 0.1) is 0 Å². The summed E-state index contributed by atoms with van der Waals surface area (Å²) in [7, 11) is 0. The van der Waals surface area contributed by atoms with Crippen LogP contribution in [0.2, 0.25) is 0 Å². The van der Waals surface area contributed by atoms with Gasteiger partial charge < -0.3 is 10.0 Å². The molecule has 142 valence electrons. The fourth-order valence-corrected chi connectivity index (χ4v) is 3.55. The van der Waals surface area contributed by atoms with Crippen molar-refractivity contribution in [3.63, 3.8) is 0 Å². The number of hydrogen-bond donors (Lipinski definition) is 1. The van der Waals surface area contributed by atoms with E-state index in [0.29, 0.717) is 25.7 Å². The summed E-state index contributed by atoms with van der Waals surface area (Å²) in [6.45, 7) is 0.726. The van der Waals surface area contributed by atoms with Gasteiger partial charge in [-0.15, -0.1) is 0 Å². The fraction of sp³-hybridized carbons (Fsp3) is 0.571.